The van der Waals surface area contributed by atoms with E-state index in [1.54, 1.807) is 6.07 Å². The van der Waals surface area contributed by atoms with Gasteiger partial charge in [0, 0.05) is 31.5 Å². The molecule has 0 aliphatic carbocycles. The molecule has 0 radical (unpaired) electrons. The van der Waals surface area contributed by atoms with Gasteiger partial charge in [0.25, 0.3) is 0 Å². The Morgan fingerprint density at radius 2 is 2.29 bits per heavy atom. The summed E-state index contributed by atoms with van der Waals surface area (Å²) < 4.78 is 0. The van der Waals surface area contributed by atoms with Gasteiger partial charge in [0.2, 0.25) is 5.82 Å². The van der Waals surface area contributed by atoms with Gasteiger partial charge in [-0.2, -0.15) is 0 Å². The van der Waals surface area contributed by atoms with Gasteiger partial charge in [-0.15, -0.1) is 0 Å². The van der Waals surface area contributed by atoms with E-state index >= 15 is 0 Å². The molecule has 6 nitrogen and oxygen atoms in total. The summed E-state index contributed by atoms with van der Waals surface area (Å²) in [7, 11) is 0. The van der Waals surface area contributed by atoms with Crippen LogP contribution in [0.5, 0.6) is 0 Å². The molecule has 1 N–H and O–H groups in total. The summed E-state index contributed by atoms with van der Waals surface area (Å²) in [6.07, 6.45) is 2.10. The van der Waals surface area contributed by atoms with E-state index in [-0.39, 0.29) is 18.3 Å². The molecule has 1 heterocycles. The Bertz CT molecular complexity index is 382. The molecule has 0 unspecified atom stereocenters. The SMILES string of the molecule is CC(C)N(CCCO)c1ncccc1[N+](=O)[O-]. The van der Waals surface area contributed by atoms with Crippen LogP contribution in [0, 0.1) is 10.1 Å². The Morgan fingerprint density at radius 3 is 2.82 bits per heavy atom. The number of aliphatic hydroxyl groups is 1. The van der Waals surface area contributed by atoms with Crippen LogP contribution in [-0.4, -0.2) is 34.2 Å². The van der Waals surface area contributed by atoms with Gasteiger partial charge in [0.1, 0.15) is 0 Å². The number of pyridine rings is 1. The summed E-state index contributed by atoms with van der Waals surface area (Å²) in [6.45, 7) is 4.49. The zero-order valence-corrected chi connectivity index (χ0v) is 10.0. The van der Waals surface area contributed by atoms with Crippen LogP contribution in [0.4, 0.5) is 11.5 Å². The van der Waals surface area contributed by atoms with Crippen molar-refractivity contribution in [3.8, 4) is 0 Å². The molecule has 0 saturated heterocycles. The second kappa shape index (κ2) is 6.15. The molecule has 0 bridgehead atoms. The fourth-order valence-electron chi connectivity index (χ4n) is 1.60. The van der Waals surface area contributed by atoms with Crippen molar-refractivity contribution in [3.05, 3.63) is 28.4 Å². The van der Waals surface area contributed by atoms with E-state index in [1.165, 1.54) is 12.3 Å². The predicted molar refractivity (Wildman–Crippen MR) is 65.1 cm³/mol. The maximum Gasteiger partial charge on any atom is 0.311 e. The summed E-state index contributed by atoms with van der Waals surface area (Å²) in [4.78, 5) is 16.4. The van der Waals surface area contributed by atoms with E-state index in [4.69, 9.17) is 5.11 Å². The minimum atomic E-state index is -0.434. The standard InChI is InChI=1S/C11H17N3O3/c1-9(2)13(7-4-8-15)11-10(14(16)17)5-3-6-12-11/h3,5-6,9,15H,4,7-8H2,1-2H3. The molecule has 94 valence electrons. The van der Waals surface area contributed by atoms with Crippen LogP contribution in [0.2, 0.25) is 0 Å². The molecule has 0 fully saturated rings. The van der Waals surface area contributed by atoms with Crippen molar-refractivity contribution in [1.29, 1.82) is 0 Å². The summed E-state index contributed by atoms with van der Waals surface area (Å²) in [5.74, 6) is 0.362. The molecule has 0 aliphatic rings. The van der Waals surface area contributed by atoms with Gasteiger partial charge >= 0.3 is 5.69 Å². The van der Waals surface area contributed by atoms with Gasteiger partial charge in [-0.3, -0.25) is 10.1 Å². The lowest BCUT2D eigenvalue weighted by molar-refractivity contribution is -0.384. The number of hydrogen-bond donors (Lipinski definition) is 1. The van der Waals surface area contributed by atoms with Crippen molar-refractivity contribution in [3.63, 3.8) is 0 Å². The summed E-state index contributed by atoms with van der Waals surface area (Å²) >= 11 is 0. The van der Waals surface area contributed by atoms with Crippen molar-refractivity contribution in [2.45, 2.75) is 26.3 Å². The minimum Gasteiger partial charge on any atom is -0.396 e. The number of anilines is 1. The Labute approximate surface area is 100 Å². The molecule has 0 atom stereocenters. The zero-order chi connectivity index (χ0) is 12.8. The first kappa shape index (κ1) is 13.4. The van der Waals surface area contributed by atoms with E-state index in [2.05, 4.69) is 4.98 Å². The normalized spacial score (nSPS) is 10.6. The second-order valence-corrected chi connectivity index (χ2v) is 3.97. The Hall–Kier alpha value is -1.69. The summed E-state index contributed by atoms with van der Waals surface area (Å²) in [5, 5.41) is 19.8. The Morgan fingerprint density at radius 1 is 1.59 bits per heavy atom. The maximum absolute atomic E-state index is 10.9. The monoisotopic (exact) mass is 239 g/mol. The van der Waals surface area contributed by atoms with Crippen molar-refractivity contribution < 1.29 is 10.0 Å². The largest absolute Gasteiger partial charge is 0.396 e. The number of nitro groups is 1. The van der Waals surface area contributed by atoms with Gasteiger partial charge in [0.05, 0.1) is 4.92 Å². The van der Waals surface area contributed by atoms with E-state index in [1.807, 2.05) is 18.7 Å². The van der Waals surface area contributed by atoms with E-state index in [0.717, 1.165) is 0 Å². The highest BCUT2D eigenvalue weighted by Gasteiger charge is 2.21. The van der Waals surface area contributed by atoms with Gasteiger partial charge < -0.3 is 10.0 Å². The van der Waals surface area contributed by atoms with E-state index < -0.39 is 4.92 Å². The highest BCUT2D eigenvalue weighted by molar-refractivity contribution is 5.57. The lowest BCUT2D eigenvalue weighted by atomic mass is 10.2. The smallest absolute Gasteiger partial charge is 0.311 e. The quantitative estimate of drug-likeness (QED) is 0.602. The van der Waals surface area contributed by atoms with Crippen molar-refractivity contribution in [1.82, 2.24) is 4.98 Å². The van der Waals surface area contributed by atoms with Crippen LogP contribution in [0.3, 0.4) is 0 Å². The van der Waals surface area contributed by atoms with Gasteiger partial charge in [0.15, 0.2) is 0 Å². The van der Waals surface area contributed by atoms with Gasteiger partial charge in [-0.1, -0.05) is 0 Å². The Kier molecular flexibility index (Phi) is 4.84. The Balaban J connectivity index is 3.04. The third kappa shape index (κ3) is 3.39. The number of aliphatic hydroxyl groups excluding tert-OH is 1. The number of aromatic nitrogens is 1. The lowest BCUT2D eigenvalue weighted by Gasteiger charge is -2.27. The first-order chi connectivity index (χ1) is 8.07. The highest BCUT2D eigenvalue weighted by Crippen LogP contribution is 2.26. The van der Waals surface area contributed by atoms with Crippen LogP contribution >= 0.6 is 0 Å². The first-order valence-electron chi connectivity index (χ1n) is 5.54. The van der Waals surface area contributed by atoms with Gasteiger partial charge in [-0.05, 0) is 26.3 Å². The van der Waals surface area contributed by atoms with Crippen LogP contribution < -0.4 is 4.90 Å². The highest BCUT2D eigenvalue weighted by atomic mass is 16.6. The predicted octanol–water partition coefficient (Wildman–Crippen LogP) is 1.59. The molecule has 1 aromatic heterocycles. The molecule has 6 heteroatoms. The van der Waals surface area contributed by atoms with Crippen LogP contribution in [0.25, 0.3) is 0 Å². The number of hydrogen-bond acceptors (Lipinski definition) is 5. The van der Waals surface area contributed by atoms with Crippen molar-refractivity contribution in [2.75, 3.05) is 18.1 Å². The van der Waals surface area contributed by atoms with Gasteiger partial charge in [-0.25, -0.2) is 4.98 Å². The van der Waals surface area contributed by atoms with Crippen LogP contribution in [0.15, 0.2) is 18.3 Å². The van der Waals surface area contributed by atoms with Crippen LogP contribution in [-0.2, 0) is 0 Å². The maximum atomic E-state index is 10.9. The fourth-order valence-corrected chi connectivity index (χ4v) is 1.60. The number of rotatable bonds is 6. The van der Waals surface area contributed by atoms with Crippen molar-refractivity contribution in [2.24, 2.45) is 0 Å². The molecule has 0 aliphatic heterocycles. The third-order valence-corrected chi connectivity index (χ3v) is 2.42. The summed E-state index contributed by atoms with van der Waals surface area (Å²) in [6, 6.07) is 3.08. The number of nitrogens with zero attached hydrogens (tertiary/aromatic N) is 3. The second-order valence-electron chi connectivity index (χ2n) is 3.97. The van der Waals surface area contributed by atoms with Crippen LogP contribution in [0.1, 0.15) is 20.3 Å². The van der Waals surface area contributed by atoms with E-state index in [0.29, 0.717) is 18.8 Å². The van der Waals surface area contributed by atoms with Crippen molar-refractivity contribution >= 4 is 11.5 Å². The average molecular weight is 239 g/mol. The fraction of sp³-hybridized carbons (Fsp3) is 0.545. The third-order valence-electron chi connectivity index (χ3n) is 2.42. The molecule has 1 rings (SSSR count). The zero-order valence-electron chi connectivity index (χ0n) is 10.0. The summed E-state index contributed by atoms with van der Waals surface area (Å²) in [5.41, 5.74) is -0.000796. The molecular weight excluding hydrogens is 222 g/mol. The molecule has 0 aromatic carbocycles. The minimum absolute atomic E-state index is 0.000796. The molecule has 17 heavy (non-hydrogen) atoms. The average Bonchev–Trinajstić information content (AvgIpc) is 2.29. The molecule has 0 amide bonds. The topological polar surface area (TPSA) is 79.5 Å². The lowest BCUT2D eigenvalue weighted by Crippen LogP contribution is -2.33. The molecule has 1 aromatic rings. The van der Waals surface area contributed by atoms with E-state index in [9.17, 15) is 10.1 Å². The molecule has 0 spiro atoms. The molecule has 0 saturated carbocycles. The first-order valence-corrected chi connectivity index (χ1v) is 5.54. The molecular formula is C11H17N3O3.